The van der Waals surface area contributed by atoms with Gasteiger partial charge in [-0.05, 0) is 102 Å². The molecule has 0 saturated heterocycles. The summed E-state index contributed by atoms with van der Waals surface area (Å²) >= 11 is 0. The normalized spacial score (nSPS) is 14.6. The number of rotatable bonds is 4. The molecule has 244 valence electrons. The first kappa shape index (κ1) is 29.9. The van der Waals surface area contributed by atoms with Crippen LogP contribution in [0.3, 0.4) is 0 Å². The van der Waals surface area contributed by atoms with Crippen LogP contribution in [0, 0.1) is 0 Å². The molecule has 0 amide bonds. The second-order valence-electron chi connectivity index (χ2n) is 15.3. The first-order valence-corrected chi connectivity index (χ1v) is 18.1. The Kier molecular flexibility index (Phi) is 6.34. The largest absolute Gasteiger partial charge is 0.310 e. The van der Waals surface area contributed by atoms with Crippen LogP contribution in [-0.2, 0) is 10.8 Å². The summed E-state index contributed by atoms with van der Waals surface area (Å²) < 4.78 is 0. The lowest BCUT2D eigenvalue weighted by molar-refractivity contribution is 0.660. The van der Waals surface area contributed by atoms with Gasteiger partial charge in [0.2, 0.25) is 0 Å². The monoisotopic (exact) mass is 653 g/mol. The molecule has 1 nitrogen and oxygen atoms in total. The smallest absolute Gasteiger partial charge is 0.0546 e. The Morgan fingerprint density at radius 3 is 1.41 bits per heavy atom. The van der Waals surface area contributed by atoms with Gasteiger partial charge in [0, 0.05) is 27.8 Å². The van der Waals surface area contributed by atoms with E-state index in [1.165, 1.54) is 94.2 Å². The zero-order valence-electron chi connectivity index (χ0n) is 29.5. The molecule has 8 aromatic carbocycles. The first-order valence-electron chi connectivity index (χ1n) is 18.1. The number of hydrogen-bond acceptors (Lipinski definition) is 1. The highest BCUT2D eigenvalue weighted by Gasteiger charge is 2.38. The topological polar surface area (TPSA) is 3.24 Å². The maximum Gasteiger partial charge on any atom is 0.0546 e. The van der Waals surface area contributed by atoms with Crippen molar-refractivity contribution in [1.29, 1.82) is 0 Å². The SMILES string of the molecule is CC1(C)c2ccccc2-c2ccc(N(c3ccc4c(c3)C(C)(C)c3ccccc3-4)c3ccc4ccccc4c3-c3cccc4ccccc34)cc21. The van der Waals surface area contributed by atoms with Gasteiger partial charge in [-0.2, -0.15) is 0 Å². The van der Waals surface area contributed by atoms with Crippen molar-refractivity contribution in [2.75, 3.05) is 4.90 Å². The van der Waals surface area contributed by atoms with Gasteiger partial charge in [0.25, 0.3) is 0 Å². The lowest BCUT2D eigenvalue weighted by Crippen LogP contribution is -2.18. The van der Waals surface area contributed by atoms with Gasteiger partial charge in [-0.3, -0.25) is 0 Å². The van der Waals surface area contributed by atoms with E-state index in [-0.39, 0.29) is 10.8 Å². The summed E-state index contributed by atoms with van der Waals surface area (Å²) in [5, 5.41) is 4.99. The van der Waals surface area contributed by atoms with Crippen molar-refractivity contribution in [1.82, 2.24) is 0 Å². The van der Waals surface area contributed by atoms with Gasteiger partial charge in [-0.1, -0.05) is 161 Å². The van der Waals surface area contributed by atoms with Gasteiger partial charge in [-0.15, -0.1) is 0 Å². The van der Waals surface area contributed by atoms with Crippen molar-refractivity contribution in [2.45, 2.75) is 38.5 Å². The molecule has 1 heteroatoms. The molecule has 0 atom stereocenters. The van der Waals surface area contributed by atoms with Crippen molar-refractivity contribution < 1.29 is 0 Å². The third-order valence-corrected chi connectivity index (χ3v) is 11.9. The molecule has 0 radical (unpaired) electrons. The number of nitrogens with zero attached hydrogens (tertiary/aromatic N) is 1. The Morgan fingerprint density at radius 2 is 0.804 bits per heavy atom. The summed E-state index contributed by atoms with van der Waals surface area (Å²) in [6.07, 6.45) is 0. The Balaban J connectivity index is 1.28. The summed E-state index contributed by atoms with van der Waals surface area (Å²) in [5.41, 5.74) is 16.6. The minimum atomic E-state index is -0.114. The lowest BCUT2D eigenvalue weighted by Gasteiger charge is -2.32. The van der Waals surface area contributed by atoms with Crippen LogP contribution >= 0.6 is 0 Å². The van der Waals surface area contributed by atoms with E-state index in [4.69, 9.17) is 0 Å². The quantitative estimate of drug-likeness (QED) is 0.183. The van der Waals surface area contributed by atoms with E-state index in [1.807, 2.05) is 0 Å². The van der Waals surface area contributed by atoms with Gasteiger partial charge in [0.05, 0.1) is 5.69 Å². The van der Waals surface area contributed by atoms with Crippen LogP contribution < -0.4 is 4.90 Å². The van der Waals surface area contributed by atoms with E-state index in [0.717, 1.165) is 0 Å². The van der Waals surface area contributed by atoms with E-state index < -0.39 is 0 Å². The predicted octanol–water partition coefficient (Wildman–Crippen LogP) is 13.7. The maximum atomic E-state index is 2.53. The Hall–Kier alpha value is -5.92. The minimum Gasteiger partial charge on any atom is -0.310 e. The van der Waals surface area contributed by atoms with Gasteiger partial charge in [0.15, 0.2) is 0 Å². The number of benzene rings is 8. The molecule has 8 aromatic rings. The lowest BCUT2D eigenvalue weighted by atomic mass is 9.82. The van der Waals surface area contributed by atoms with Crippen molar-refractivity contribution in [3.8, 4) is 33.4 Å². The average molecular weight is 654 g/mol. The molecule has 0 N–H and O–H groups in total. The van der Waals surface area contributed by atoms with Crippen LogP contribution in [-0.4, -0.2) is 0 Å². The molecule has 2 aliphatic rings. The Bertz CT molecular complexity index is 2600. The van der Waals surface area contributed by atoms with E-state index in [1.54, 1.807) is 0 Å². The first-order chi connectivity index (χ1) is 24.8. The van der Waals surface area contributed by atoms with E-state index in [0.29, 0.717) is 0 Å². The summed E-state index contributed by atoms with van der Waals surface area (Å²) in [6, 6.07) is 61.2. The second-order valence-corrected chi connectivity index (χ2v) is 15.3. The average Bonchev–Trinajstić information content (AvgIpc) is 3.54. The van der Waals surface area contributed by atoms with Crippen LogP contribution in [0.5, 0.6) is 0 Å². The van der Waals surface area contributed by atoms with Crippen molar-refractivity contribution in [2.24, 2.45) is 0 Å². The van der Waals surface area contributed by atoms with Gasteiger partial charge in [-0.25, -0.2) is 0 Å². The second kappa shape index (κ2) is 10.8. The number of hydrogen-bond donors (Lipinski definition) is 0. The van der Waals surface area contributed by atoms with E-state index in [2.05, 4.69) is 196 Å². The standard InChI is InChI=1S/C50H39N/c1-49(2)43-22-11-9-19-38(43)40-27-25-34(30-45(40)49)51(35-26-28-41-39-20-10-12-23-44(39)50(3,4)46(41)31-35)47-29-24-33-15-6-8-18-37(33)48(47)42-21-13-16-32-14-5-7-17-36(32)42/h5-31H,1-4H3. The Labute approximate surface area is 300 Å². The third-order valence-electron chi connectivity index (χ3n) is 11.9. The zero-order chi connectivity index (χ0) is 34.5. The zero-order valence-corrected chi connectivity index (χ0v) is 29.5. The summed E-state index contributed by atoms with van der Waals surface area (Å²) in [6.45, 7) is 9.49. The van der Waals surface area contributed by atoms with Crippen LogP contribution in [0.25, 0.3) is 54.9 Å². The summed E-state index contributed by atoms with van der Waals surface area (Å²) in [4.78, 5) is 2.53. The van der Waals surface area contributed by atoms with Gasteiger partial charge >= 0.3 is 0 Å². The van der Waals surface area contributed by atoms with E-state index >= 15 is 0 Å². The highest BCUT2D eigenvalue weighted by Crippen LogP contribution is 2.54. The van der Waals surface area contributed by atoms with Crippen molar-refractivity contribution in [3.63, 3.8) is 0 Å². The molecule has 2 aliphatic carbocycles. The molecule has 0 bridgehead atoms. The highest BCUT2D eigenvalue weighted by molar-refractivity contribution is 6.11. The van der Waals surface area contributed by atoms with E-state index in [9.17, 15) is 0 Å². The highest BCUT2D eigenvalue weighted by atomic mass is 15.1. The molecule has 51 heavy (non-hydrogen) atoms. The molecule has 0 saturated carbocycles. The van der Waals surface area contributed by atoms with Crippen molar-refractivity contribution >= 4 is 38.6 Å². The number of anilines is 3. The fourth-order valence-corrected chi connectivity index (χ4v) is 9.26. The molecule has 0 aliphatic heterocycles. The fourth-order valence-electron chi connectivity index (χ4n) is 9.26. The molecular weight excluding hydrogens is 615 g/mol. The Morgan fingerprint density at radius 1 is 0.353 bits per heavy atom. The third kappa shape index (κ3) is 4.28. The summed E-state index contributed by atoms with van der Waals surface area (Å²) in [5.74, 6) is 0. The van der Waals surface area contributed by atoms with Crippen LogP contribution in [0.15, 0.2) is 164 Å². The maximum absolute atomic E-state index is 2.53. The van der Waals surface area contributed by atoms with Gasteiger partial charge in [0.1, 0.15) is 0 Å². The molecule has 0 aromatic heterocycles. The van der Waals surface area contributed by atoms with Crippen LogP contribution in [0.2, 0.25) is 0 Å². The molecule has 0 unspecified atom stereocenters. The molecule has 0 fully saturated rings. The van der Waals surface area contributed by atoms with Crippen molar-refractivity contribution in [3.05, 3.63) is 186 Å². The fraction of sp³-hybridized carbons (Fsp3) is 0.120. The van der Waals surface area contributed by atoms with Crippen LogP contribution in [0.4, 0.5) is 17.1 Å². The molecular formula is C50H39N. The minimum absolute atomic E-state index is 0.114. The molecule has 0 heterocycles. The predicted molar refractivity (Wildman–Crippen MR) is 217 cm³/mol. The van der Waals surface area contributed by atoms with Gasteiger partial charge < -0.3 is 4.90 Å². The number of fused-ring (bicyclic) bond motifs is 8. The molecule has 10 rings (SSSR count). The summed E-state index contributed by atoms with van der Waals surface area (Å²) in [7, 11) is 0. The molecule has 0 spiro atoms. The van der Waals surface area contributed by atoms with Crippen LogP contribution in [0.1, 0.15) is 49.9 Å².